The van der Waals surface area contributed by atoms with E-state index in [-0.39, 0.29) is 24.4 Å². The van der Waals surface area contributed by atoms with Gasteiger partial charge in [0.05, 0.1) is 30.7 Å². The van der Waals surface area contributed by atoms with Gasteiger partial charge in [0.1, 0.15) is 5.82 Å². The van der Waals surface area contributed by atoms with E-state index in [0.717, 1.165) is 5.39 Å². The number of fused-ring (bicyclic) bond motifs is 1. The Morgan fingerprint density at radius 2 is 1.97 bits per heavy atom. The van der Waals surface area contributed by atoms with Gasteiger partial charge in [-0.1, -0.05) is 12.1 Å². The lowest BCUT2D eigenvalue weighted by molar-refractivity contribution is 0.0937. The number of Topliss-reactive ketones (excluding diaryl/α,β-unsaturated/α-hetero) is 1. The van der Waals surface area contributed by atoms with Crippen molar-refractivity contribution in [1.82, 2.24) is 9.97 Å². The molecule has 0 radical (unpaired) electrons. The lowest BCUT2D eigenvalue weighted by atomic mass is 10.0. The topological polar surface area (TPSA) is 81.5 Å². The zero-order valence-corrected chi connectivity index (χ0v) is 18.4. The predicted molar refractivity (Wildman–Crippen MR) is 121 cm³/mol. The van der Waals surface area contributed by atoms with E-state index in [1.165, 1.54) is 31.6 Å². The van der Waals surface area contributed by atoms with Crippen LogP contribution in [0.3, 0.4) is 0 Å². The van der Waals surface area contributed by atoms with Crippen molar-refractivity contribution in [2.45, 2.75) is 18.9 Å². The standard InChI is InChI=1S/C24H21FN2O4S/c1-30-21-9-6-14(12-22(21)31-2)19(28)7-8-20(29)18-10-11-26-24(27-18)16-13-32-23-15(16)4-3-5-17(23)25/h3-6,9-13,20,29H,7-8H2,1-2H3. The number of aliphatic hydroxyl groups is 1. The molecular weight excluding hydrogens is 431 g/mol. The number of rotatable bonds is 8. The molecule has 0 aliphatic carbocycles. The van der Waals surface area contributed by atoms with Crippen molar-refractivity contribution in [2.75, 3.05) is 14.2 Å². The highest BCUT2D eigenvalue weighted by Crippen LogP contribution is 2.34. The zero-order valence-electron chi connectivity index (χ0n) is 17.5. The summed E-state index contributed by atoms with van der Waals surface area (Å²) in [6.45, 7) is 0. The first kappa shape index (κ1) is 21.9. The zero-order chi connectivity index (χ0) is 22.7. The number of methoxy groups -OCH3 is 2. The van der Waals surface area contributed by atoms with Crippen molar-refractivity contribution in [3.05, 3.63) is 71.1 Å². The summed E-state index contributed by atoms with van der Waals surface area (Å²) in [7, 11) is 3.04. The summed E-state index contributed by atoms with van der Waals surface area (Å²) < 4.78 is 25.0. The van der Waals surface area contributed by atoms with E-state index >= 15 is 0 Å². The molecule has 164 valence electrons. The highest BCUT2D eigenvalue weighted by atomic mass is 32.1. The van der Waals surface area contributed by atoms with Gasteiger partial charge < -0.3 is 14.6 Å². The number of aliphatic hydroxyl groups excluding tert-OH is 1. The molecule has 0 bridgehead atoms. The number of carbonyl (C=O) groups is 1. The van der Waals surface area contributed by atoms with Crippen LogP contribution in [-0.4, -0.2) is 35.1 Å². The molecule has 2 aromatic heterocycles. The van der Waals surface area contributed by atoms with Crippen molar-refractivity contribution >= 4 is 27.2 Å². The second kappa shape index (κ2) is 9.42. The molecular formula is C24H21FN2O4S. The minimum absolute atomic E-state index is 0.126. The summed E-state index contributed by atoms with van der Waals surface area (Å²) in [6.07, 6.45) is 0.938. The third-order valence-corrected chi connectivity index (χ3v) is 6.17. The van der Waals surface area contributed by atoms with Gasteiger partial charge in [0.15, 0.2) is 23.1 Å². The van der Waals surface area contributed by atoms with Crippen LogP contribution in [-0.2, 0) is 0 Å². The number of carbonyl (C=O) groups excluding carboxylic acids is 1. The van der Waals surface area contributed by atoms with Crippen LogP contribution < -0.4 is 9.47 Å². The third-order valence-electron chi connectivity index (χ3n) is 5.16. The van der Waals surface area contributed by atoms with E-state index in [2.05, 4.69) is 9.97 Å². The van der Waals surface area contributed by atoms with E-state index in [1.54, 1.807) is 41.9 Å². The highest BCUT2D eigenvalue weighted by Gasteiger charge is 2.17. The Hall–Kier alpha value is -3.36. The fraction of sp³-hybridized carbons (Fsp3) is 0.208. The van der Waals surface area contributed by atoms with E-state index in [4.69, 9.17) is 9.47 Å². The van der Waals surface area contributed by atoms with Gasteiger partial charge in [-0.05, 0) is 36.8 Å². The van der Waals surface area contributed by atoms with Gasteiger partial charge in [0, 0.05) is 34.5 Å². The van der Waals surface area contributed by atoms with E-state index < -0.39 is 6.10 Å². The molecule has 2 aromatic carbocycles. The Balaban J connectivity index is 1.49. The highest BCUT2D eigenvalue weighted by molar-refractivity contribution is 7.17. The number of ketones is 1. The van der Waals surface area contributed by atoms with Crippen LogP contribution in [0.25, 0.3) is 21.5 Å². The van der Waals surface area contributed by atoms with Crippen LogP contribution in [0.5, 0.6) is 11.5 Å². The van der Waals surface area contributed by atoms with Crippen LogP contribution in [0.4, 0.5) is 4.39 Å². The lowest BCUT2D eigenvalue weighted by Crippen LogP contribution is -2.07. The van der Waals surface area contributed by atoms with E-state index in [1.807, 2.05) is 6.07 Å². The molecule has 4 aromatic rings. The first-order valence-corrected chi connectivity index (χ1v) is 10.8. The van der Waals surface area contributed by atoms with Gasteiger partial charge in [0.25, 0.3) is 0 Å². The molecule has 6 nitrogen and oxygen atoms in total. The summed E-state index contributed by atoms with van der Waals surface area (Å²) in [5.41, 5.74) is 1.59. The Labute approximate surface area is 188 Å². The molecule has 0 saturated carbocycles. The van der Waals surface area contributed by atoms with Gasteiger partial charge in [-0.2, -0.15) is 0 Å². The molecule has 0 spiro atoms. The molecule has 0 aliphatic rings. The maximum atomic E-state index is 14.0. The van der Waals surface area contributed by atoms with Crippen molar-refractivity contribution in [2.24, 2.45) is 0 Å². The predicted octanol–water partition coefficient (Wildman–Crippen LogP) is 5.21. The second-order valence-corrected chi connectivity index (χ2v) is 8.00. The number of hydrogen-bond acceptors (Lipinski definition) is 7. The second-order valence-electron chi connectivity index (χ2n) is 7.12. The third kappa shape index (κ3) is 4.32. The number of thiophene rings is 1. The summed E-state index contributed by atoms with van der Waals surface area (Å²) in [6, 6.07) is 11.5. The van der Waals surface area contributed by atoms with Crippen molar-refractivity contribution in [3.8, 4) is 22.9 Å². The fourth-order valence-electron chi connectivity index (χ4n) is 3.45. The molecule has 0 saturated heterocycles. The van der Waals surface area contributed by atoms with Gasteiger partial charge in [-0.15, -0.1) is 11.3 Å². The Bertz CT molecular complexity index is 1270. The molecule has 0 amide bonds. The number of nitrogens with zero attached hydrogens (tertiary/aromatic N) is 2. The normalized spacial score (nSPS) is 12.0. The SMILES string of the molecule is COc1ccc(C(=O)CCC(O)c2ccnc(-c3csc4c(F)cccc34)n2)cc1OC. The summed E-state index contributed by atoms with van der Waals surface area (Å²) in [5.74, 6) is 1.00. The summed E-state index contributed by atoms with van der Waals surface area (Å²) in [5, 5.41) is 13.2. The van der Waals surface area contributed by atoms with Crippen LogP contribution in [0.2, 0.25) is 0 Å². The van der Waals surface area contributed by atoms with Crippen LogP contribution in [0.15, 0.2) is 54.0 Å². The largest absolute Gasteiger partial charge is 0.493 e. The number of halogens is 1. The average Bonchev–Trinajstić information content (AvgIpc) is 3.27. The minimum Gasteiger partial charge on any atom is -0.493 e. The van der Waals surface area contributed by atoms with Gasteiger partial charge in [-0.3, -0.25) is 4.79 Å². The van der Waals surface area contributed by atoms with Gasteiger partial charge in [0.2, 0.25) is 0 Å². The molecule has 8 heteroatoms. The average molecular weight is 453 g/mol. The van der Waals surface area contributed by atoms with Crippen molar-refractivity contribution in [1.29, 1.82) is 0 Å². The maximum absolute atomic E-state index is 14.0. The Kier molecular flexibility index (Phi) is 6.43. The molecule has 1 atom stereocenters. The first-order valence-electron chi connectivity index (χ1n) is 9.94. The molecule has 0 fully saturated rings. The van der Waals surface area contributed by atoms with Crippen LogP contribution in [0.1, 0.15) is 35.0 Å². The van der Waals surface area contributed by atoms with Crippen LogP contribution >= 0.6 is 11.3 Å². The lowest BCUT2D eigenvalue weighted by Gasteiger charge is -2.12. The number of aromatic nitrogens is 2. The van der Waals surface area contributed by atoms with E-state index in [0.29, 0.717) is 38.8 Å². The summed E-state index contributed by atoms with van der Waals surface area (Å²) >= 11 is 1.29. The molecule has 32 heavy (non-hydrogen) atoms. The maximum Gasteiger partial charge on any atom is 0.163 e. The minimum atomic E-state index is -0.942. The van der Waals surface area contributed by atoms with Gasteiger partial charge >= 0.3 is 0 Å². The van der Waals surface area contributed by atoms with Gasteiger partial charge in [-0.25, -0.2) is 14.4 Å². The molecule has 1 unspecified atom stereocenters. The molecule has 0 aliphatic heterocycles. The smallest absolute Gasteiger partial charge is 0.163 e. The van der Waals surface area contributed by atoms with E-state index in [9.17, 15) is 14.3 Å². The molecule has 1 N–H and O–H groups in total. The monoisotopic (exact) mass is 452 g/mol. The quantitative estimate of drug-likeness (QED) is 0.370. The molecule has 4 rings (SSSR count). The Morgan fingerprint density at radius 1 is 1.16 bits per heavy atom. The molecule has 2 heterocycles. The number of hydrogen-bond donors (Lipinski definition) is 1. The Morgan fingerprint density at radius 3 is 2.75 bits per heavy atom. The summed E-state index contributed by atoms with van der Waals surface area (Å²) in [4.78, 5) is 21.4. The first-order chi connectivity index (χ1) is 15.5. The van der Waals surface area contributed by atoms with Crippen molar-refractivity contribution < 1.29 is 23.8 Å². The fourth-order valence-corrected chi connectivity index (χ4v) is 4.41. The number of benzene rings is 2. The van der Waals surface area contributed by atoms with Crippen molar-refractivity contribution in [3.63, 3.8) is 0 Å². The number of ether oxygens (including phenoxy) is 2. The van der Waals surface area contributed by atoms with Crippen LogP contribution in [0, 0.1) is 5.82 Å².